The summed E-state index contributed by atoms with van der Waals surface area (Å²) in [5, 5.41) is 4.50. The summed E-state index contributed by atoms with van der Waals surface area (Å²) in [4.78, 5) is 5.42. The lowest BCUT2D eigenvalue weighted by Crippen LogP contribution is -2.19. The van der Waals surface area contributed by atoms with E-state index in [0.717, 1.165) is 41.1 Å². The Morgan fingerprint density at radius 1 is 1.41 bits per heavy atom. The van der Waals surface area contributed by atoms with E-state index < -0.39 is 0 Å². The summed E-state index contributed by atoms with van der Waals surface area (Å²) in [5.74, 6) is 0. The highest BCUT2D eigenvalue weighted by atomic mass is 32.1. The van der Waals surface area contributed by atoms with Gasteiger partial charge in [-0.3, -0.25) is 4.68 Å². The van der Waals surface area contributed by atoms with Crippen LogP contribution in [0.3, 0.4) is 0 Å². The second kappa shape index (κ2) is 4.62. The van der Waals surface area contributed by atoms with Gasteiger partial charge in [-0.15, -0.1) is 0 Å². The summed E-state index contributed by atoms with van der Waals surface area (Å²) in [6.07, 6.45) is 0.917. The first kappa shape index (κ1) is 12.3. The number of likely N-dealkylation sites (N-methyl/N-ethyl adjacent to an activating group) is 1. The van der Waals surface area contributed by atoms with Gasteiger partial charge in [0.25, 0.3) is 0 Å². The molecule has 0 aliphatic carbocycles. The highest BCUT2D eigenvalue weighted by molar-refractivity contribution is 7.71. The number of aryl methyl sites for hydroxylation is 2. The third-order valence-corrected chi connectivity index (χ3v) is 3.25. The van der Waals surface area contributed by atoms with E-state index in [-0.39, 0.29) is 0 Å². The van der Waals surface area contributed by atoms with Gasteiger partial charge in [0.15, 0.2) is 10.4 Å². The Morgan fingerprint density at radius 2 is 2.12 bits per heavy atom. The highest BCUT2D eigenvalue weighted by Gasteiger charge is 2.13. The van der Waals surface area contributed by atoms with Crippen LogP contribution in [-0.2, 0) is 20.0 Å². The van der Waals surface area contributed by atoms with E-state index in [4.69, 9.17) is 12.2 Å². The fraction of sp³-hybridized carbons (Fsp3) is 0.636. The van der Waals surface area contributed by atoms with E-state index in [0.29, 0.717) is 0 Å². The van der Waals surface area contributed by atoms with Crippen molar-refractivity contribution in [3.63, 3.8) is 0 Å². The minimum Gasteiger partial charge on any atom is -0.328 e. The number of rotatable bonds is 4. The molecule has 0 radical (unpaired) electrons. The smallest absolute Gasteiger partial charge is 0.179 e. The lowest BCUT2D eigenvalue weighted by molar-refractivity contribution is 0.384. The molecular weight excluding hydrogens is 234 g/mol. The Bertz CT molecular complexity index is 574. The van der Waals surface area contributed by atoms with Crippen molar-refractivity contribution in [2.75, 3.05) is 20.6 Å². The minimum absolute atomic E-state index is 0.782. The van der Waals surface area contributed by atoms with E-state index in [9.17, 15) is 0 Å². The second-order valence-electron chi connectivity index (χ2n) is 4.51. The highest BCUT2D eigenvalue weighted by Crippen LogP contribution is 2.17. The zero-order chi connectivity index (χ0) is 12.6. The van der Waals surface area contributed by atoms with Gasteiger partial charge in [0, 0.05) is 20.1 Å². The van der Waals surface area contributed by atoms with Crippen molar-refractivity contribution in [2.45, 2.75) is 19.9 Å². The van der Waals surface area contributed by atoms with E-state index in [1.165, 1.54) is 0 Å². The molecule has 0 aromatic carbocycles. The van der Waals surface area contributed by atoms with Gasteiger partial charge in [-0.2, -0.15) is 5.10 Å². The summed E-state index contributed by atoms with van der Waals surface area (Å²) in [6, 6.07) is 0. The van der Waals surface area contributed by atoms with Gasteiger partial charge in [0.2, 0.25) is 0 Å². The monoisotopic (exact) mass is 253 g/mol. The maximum atomic E-state index is 5.37. The number of hydrogen-bond donors (Lipinski definition) is 1. The molecule has 0 saturated carbocycles. The average Bonchev–Trinajstić information content (AvgIpc) is 2.73. The lowest BCUT2D eigenvalue weighted by Gasteiger charge is -2.10. The summed E-state index contributed by atoms with van der Waals surface area (Å²) in [5.41, 5.74) is 3.25. The Hall–Kier alpha value is -1.14. The molecule has 0 fully saturated rings. The van der Waals surface area contributed by atoms with Crippen molar-refractivity contribution in [1.29, 1.82) is 0 Å². The van der Waals surface area contributed by atoms with Crippen molar-refractivity contribution in [3.8, 4) is 0 Å². The van der Waals surface area contributed by atoms with Crippen molar-refractivity contribution < 1.29 is 0 Å². The molecule has 0 aliphatic heterocycles. The maximum absolute atomic E-state index is 5.37. The molecule has 0 unspecified atom stereocenters. The van der Waals surface area contributed by atoms with Crippen LogP contribution < -0.4 is 0 Å². The summed E-state index contributed by atoms with van der Waals surface area (Å²) in [6.45, 7) is 3.96. The molecule has 5 nitrogen and oxygen atoms in total. The van der Waals surface area contributed by atoms with Crippen molar-refractivity contribution in [2.24, 2.45) is 7.05 Å². The number of H-pyrrole nitrogens is 1. The first-order valence-corrected chi connectivity index (χ1v) is 6.24. The van der Waals surface area contributed by atoms with Gasteiger partial charge in [-0.05, 0) is 32.7 Å². The predicted octanol–water partition coefficient (Wildman–Crippen LogP) is 1.56. The van der Waals surface area contributed by atoms with Crippen LogP contribution in [0.15, 0.2) is 0 Å². The zero-order valence-electron chi connectivity index (χ0n) is 10.8. The van der Waals surface area contributed by atoms with Crippen LogP contribution in [0.25, 0.3) is 11.2 Å². The van der Waals surface area contributed by atoms with Crippen LogP contribution in [-0.4, -0.2) is 44.9 Å². The van der Waals surface area contributed by atoms with Gasteiger partial charge in [-0.25, -0.2) is 0 Å². The van der Waals surface area contributed by atoms with Crippen molar-refractivity contribution in [1.82, 2.24) is 24.2 Å². The van der Waals surface area contributed by atoms with Crippen LogP contribution in [0.4, 0.5) is 0 Å². The molecule has 94 valence electrons. The molecule has 2 heterocycles. The average molecular weight is 253 g/mol. The van der Waals surface area contributed by atoms with Gasteiger partial charge in [0.1, 0.15) is 5.52 Å². The van der Waals surface area contributed by atoms with Crippen LogP contribution in [0, 0.1) is 4.77 Å². The van der Waals surface area contributed by atoms with Gasteiger partial charge in [0.05, 0.1) is 5.69 Å². The molecule has 0 atom stereocenters. The largest absolute Gasteiger partial charge is 0.328 e. The fourth-order valence-electron chi connectivity index (χ4n) is 2.03. The van der Waals surface area contributed by atoms with Crippen LogP contribution >= 0.6 is 12.2 Å². The minimum atomic E-state index is 0.782. The summed E-state index contributed by atoms with van der Waals surface area (Å²) in [7, 11) is 6.10. The standard InChI is InChI=1S/C11H19N5S/c1-5-8-9-10(15(4)13-8)16(11(17)12-9)7-6-14(2)3/h5-7H2,1-4H3,(H,12,17). The van der Waals surface area contributed by atoms with E-state index in [2.05, 4.69) is 40.6 Å². The van der Waals surface area contributed by atoms with Gasteiger partial charge < -0.3 is 14.5 Å². The molecule has 0 amide bonds. The van der Waals surface area contributed by atoms with E-state index in [1.807, 2.05) is 11.7 Å². The molecular formula is C11H19N5S. The van der Waals surface area contributed by atoms with E-state index in [1.54, 1.807) is 0 Å². The van der Waals surface area contributed by atoms with Gasteiger partial charge in [-0.1, -0.05) is 6.92 Å². The summed E-state index contributed by atoms with van der Waals surface area (Å²) < 4.78 is 4.82. The molecule has 0 aliphatic rings. The molecule has 2 aromatic heterocycles. The Kier molecular flexibility index (Phi) is 3.35. The van der Waals surface area contributed by atoms with Crippen molar-refractivity contribution >= 4 is 23.4 Å². The molecule has 2 aromatic rings. The lowest BCUT2D eigenvalue weighted by atomic mass is 10.3. The first-order valence-electron chi connectivity index (χ1n) is 5.83. The van der Waals surface area contributed by atoms with Gasteiger partial charge >= 0.3 is 0 Å². The SMILES string of the molecule is CCc1nn(C)c2c1[nH]c(=S)n2CCN(C)C. The fourth-order valence-corrected chi connectivity index (χ4v) is 2.31. The van der Waals surface area contributed by atoms with E-state index >= 15 is 0 Å². The quantitative estimate of drug-likeness (QED) is 0.841. The Labute approximate surface area is 106 Å². The third-order valence-electron chi connectivity index (χ3n) is 2.93. The molecule has 6 heteroatoms. The number of nitrogens with zero attached hydrogens (tertiary/aromatic N) is 4. The topological polar surface area (TPSA) is 41.8 Å². The molecule has 17 heavy (non-hydrogen) atoms. The molecule has 1 N–H and O–H groups in total. The molecule has 0 saturated heterocycles. The molecule has 0 bridgehead atoms. The maximum Gasteiger partial charge on any atom is 0.179 e. The number of nitrogens with one attached hydrogen (secondary N) is 1. The predicted molar refractivity (Wildman–Crippen MR) is 71.8 cm³/mol. The number of hydrogen-bond acceptors (Lipinski definition) is 3. The number of imidazole rings is 1. The number of aromatic nitrogens is 4. The first-order chi connectivity index (χ1) is 8.04. The molecule has 2 rings (SSSR count). The Morgan fingerprint density at radius 3 is 2.71 bits per heavy atom. The zero-order valence-corrected chi connectivity index (χ0v) is 11.6. The Balaban J connectivity index is 2.51. The number of fused-ring (bicyclic) bond motifs is 1. The third kappa shape index (κ3) is 2.14. The molecule has 0 spiro atoms. The van der Waals surface area contributed by atoms with Crippen LogP contribution in [0.2, 0.25) is 0 Å². The van der Waals surface area contributed by atoms with Crippen LogP contribution in [0.5, 0.6) is 0 Å². The van der Waals surface area contributed by atoms with Crippen molar-refractivity contribution in [3.05, 3.63) is 10.5 Å². The normalized spacial score (nSPS) is 11.8. The number of aromatic amines is 1. The van der Waals surface area contributed by atoms with Crippen LogP contribution in [0.1, 0.15) is 12.6 Å². The summed E-state index contributed by atoms with van der Waals surface area (Å²) >= 11 is 5.37. The second-order valence-corrected chi connectivity index (χ2v) is 4.89.